The molecular formula is C22H21ClN4O2S. The zero-order valence-electron chi connectivity index (χ0n) is 16.8. The highest BCUT2D eigenvalue weighted by Crippen LogP contribution is 2.36. The van der Waals surface area contributed by atoms with Crippen LogP contribution < -0.4 is 9.64 Å². The number of aromatic nitrogens is 3. The number of ether oxygens (including phenoxy) is 1. The van der Waals surface area contributed by atoms with Gasteiger partial charge in [0.2, 0.25) is 0 Å². The summed E-state index contributed by atoms with van der Waals surface area (Å²) in [6, 6.07) is 3.92. The molecule has 154 valence electrons. The topological polar surface area (TPSA) is 68.2 Å². The number of anilines is 1. The van der Waals surface area contributed by atoms with E-state index in [2.05, 4.69) is 21.0 Å². The molecule has 4 heterocycles. The lowest BCUT2D eigenvalue weighted by molar-refractivity contribution is 0.0983. The molecule has 1 fully saturated rings. The molecular weight excluding hydrogens is 420 g/mol. The van der Waals surface area contributed by atoms with Crippen LogP contribution in [0.2, 0.25) is 5.02 Å². The second-order valence-electron chi connectivity index (χ2n) is 7.83. The van der Waals surface area contributed by atoms with E-state index in [-0.39, 0.29) is 12.0 Å². The van der Waals surface area contributed by atoms with Crippen molar-refractivity contribution in [1.29, 1.82) is 0 Å². The van der Waals surface area contributed by atoms with Gasteiger partial charge in [0.15, 0.2) is 0 Å². The number of carbonyl (C=O) groups excluding carboxylic acids is 1. The third-order valence-electron chi connectivity index (χ3n) is 5.60. The highest BCUT2D eigenvalue weighted by Gasteiger charge is 2.32. The van der Waals surface area contributed by atoms with Crippen LogP contribution in [0.5, 0.6) is 5.19 Å². The van der Waals surface area contributed by atoms with Gasteiger partial charge in [0.1, 0.15) is 16.8 Å². The molecule has 1 aliphatic heterocycles. The molecule has 0 saturated heterocycles. The largest absolute Gasteiger partial charge is 0.467 e. The van der Waals surface area contributed by atoms with Gasteiger partial charge in [-0.15, -0.1) is 0 Å². The van der Waals surface area contributed by atoms with Gasteiger partial charge in [-0.1, -0.05) is 29.0 Å². The molecule has 3 aromatic rings. The molecule has 0 unspecified atom stereocenters. The predicted molar refractivity (Wildman–Crippen MR) is 118 cm³/mol. The quantitative estimate of drug-likeness (QED) is 0.570. The van der Waals surface area contributed by atoms with Crippen LogP contribution in [0.4, 0.5) is 5.82 Å². The standard InChI is InChI=1S/C22H21ClN4O2S/c1-12-8-13(2)19(25-10-12)15-9-18(24-11-16(15)23)27-7-6-17-20(21(27)28)30-22(26-17)29-14-4-3-5-14/h8-11,14H,3-7H2,1-2H3. The van der Waals surface area contributed by atoms with Crippen LogP contribution in [0.25, 0.3) is 11.3 Å². The summed E-state index contributed by atoms with van der Waals surface area (Å²) in [5.74, 6) is 0.480. The first kappa shape index (κ1) is 19.5. The van der Waals surface area contributed by atoms with Crippen LogP contribution >= 0.6 is 22.9 Å². The number of pyridine rings is 2. The minimum Gasteiger partial charge on any atom is -0.467 e. The van der Waals surface area contributed by atoms with Gasteiger partial charge in [-0.05, 0) is 50.3 Å². The number of amides is 1. The Bertz CT molecular complexity index is 1140. The van der Waals surface area contributed by atoms with Gasteiger partial charge in [-0.2, -0.15) is 0 Å². The van der Waals surface area contributed by atoms with E-state index in [9.17, 15) is 4.79 Å². The average molecular weight is 441 g/mol. The molecule has 3 aromatic heterocycles. The smallest absolute Gasteiger partial charge is 0.274 e. The fourth-order valence-electron chi connectivity index (χ4n) is 3.76. The number of nitrogens with zero attached hydrogens (tertiary/aromatic N) is 4. The fraction of sp³-hybridized carbons (Fsp3) is 0.364. The summed E-state index contributed by atoms with van der Waals surface area (Å²) in [6.07, 6.45) is 7.65. The molecule has 0 radical (unpaired) electrons. The molecule has 5 rings (SSSR count). The van der Waals surface area contributed by atoms with Crippen LogP contribution in [-0.2, 0) is 6.42 Å². The van der Waals surface area contributed by atoms with Crippen molar-refractivity contribution in [3.05, 3.63) is 51.2 Å². The number of thiazole rings is 1. The summed E-state index contributed by atoms with van der Waals surface area (Å²) in [5, 5.41) is 1.11. The molecule has 30 heavy (non-hydrogen) atoms. The Hall–Kier alpha value is -2.51. The third-order valence-corrected chi connectivity index (χ3v) is 6.87. The Morgan fingerprint density at radius 1 is 1.20 bits per heavy atom. The van der Waals surface area contributed by atoms with Crippen LogP contribution in [0.3, 0.4) is 0 Å². The van der Waals surface area contributed by atoms with Gasteiger partial charge in [0.25, 0.3) is 11.1 Å². The molecule has 0 N–H and O–H groups in total. The van der Waals surface area contributed by atoms with E-state index in [0.29, 0.717) is 33.9 Å². The minimum absolute atomic E-state index is 0.0911. The first-order chi connectivity index (χ1) is 14.5. The van der Waals surface area contributed by atoms with E-state index < -0.39 is 0 Å². The highest BCUT2D eigenvalue weighted by atomic mass is 35.5. The molecule has 2 aliphatic rings. The maximum Gasteiger partial charge on any atom is 0.274 e. The number of hydrogen-bond donors (Lipinski definition) is 0. The Labute approximate surface area is 183 Å². The Morgan fingerprint density at radius 3 is 2.77 bits per heavy atom. The Balaban J connectivity index is 1.45. The molecule has 1 amide bonds. The van der Waals surface area contributed by atoms with Gasteiger partial charge in [0, 0.05) is 30.9 Å². The van der Waals surface area contributed by atoms with Gasteiger partial charge in [-0.25, -0.2) is 9.97 Å². The summed E-state index contributed by atoms with van der Waals surface area (Å²) < 4.78 is 5.90. The average Bonchev–Trinajstić information content (AvgIpc) is 3.10. The zero-order chi connectivity index (χ0) is 20.8. The number of carbonyl (C=O) groups is 1. The Kier molecular flexibility index (Phi) is 4.95. The van der Waals surface area contributed by atoms with Crippen molar-refractivity contribution >= 4 is 34.7 Å². The molecule has 8 heteroatoms. The van der Waals surface area contributed by atoms with Crippen LogP contribution in [0.15, 0.2) is 24.5 Å². The SMILES string of the molecule is Cc1cnc(-c2cc(N3CCc4nc(OC5CCC5)sc4C3=O)ncc2Cl)c(C)c1. The lowest BCUT2D eigenvalue weighted by Gasteiger charge is -2.25. The van der Waals surface area contributed by atoms with Crippen molar-refractivity contribution in [1.82, 2.24) is 15.0 Å². The number of halogens is 1. The minimum atomic E-state index is -0.0911. The third kappa shape index (κ3) is 3.46. The fourth-order valence-corrected chi connectivity index (χ4v) is 4.93. The first-order valence-corrected chi connectivity index (χ1v) is 11.3. The molecule has 0 atom stereocenters. The number of aryl methyl sites for hydroxylation is 2. The summed E-state index contributed by atoms with van der Waals surface area (Å²) in [7, 11) is 0. The van der Waals surface area contributed by atoms with Gasteiger partial charge >= 0.3 is 0 Å². The van der Waals surface area contributed by atoms with Crippen molar-refractivity contribution in [3.63, 3.8) is 0 Å². The molecule has 0 aromatic carbocycles. The number of hydrogen-bond acceptors (Lipinski definition) is 6. The number of fused-ring (bicyclic) bond motifs is 1. The van der Waals surface area contributed by atoms with Crippen molar-refractivity contribution in [2.45, 2.75) is 45.6 Å². The van der Waals surface area contributed by atoms with E-state index in [1.807, 2.05) is 26.1 Å². The normalized spacial score (nSPS) is 16.4. The number of rotatable bonds is 4. The lowest BCUT2D eigenvalue weighted by Crippen LogP contribution is -2.37. The summed E-state index contributed by atoms with van der Waals surface area (Å²) in [4.78, 5) is 29.1. The van der Waals surface area contributed by atoms with Crippen molar-refractivity contribution in [2.75, 3.05) is 11.4 Å². The summed E-state index contributed by atoms with van der Waals surface area (Å²) in [6.45, 7) is 4.53. The van der Waals surface area contributed by atoms with Gasteiger partial charge in [0.05, 0.1) is 16.4 Å². The molecule has 6 nitrogen and oxygen atoms in total. The molecule has 1 aliphatic carbocycles. The zero-order valence-corrected chi connectivity index (χ0v) is 18.4. The maximum atomic E-state index is 13.2. The highest BCUT2D eigenvalue weighted by molar-refractivity contribution is 7.15. The molecule has 0 spiro atoms. The van der Waals surface area contributed by atoms with E-state index >= 15 is 0 Å². The first-order valence-electron chi connectivity index (χ1n) is 10.1. The Morgan fingerprint density at radius 2 is 2.03 bits per heavy atom. The summed E-state index contributed by atoms with van der Waals surface area (Å²) >= 11 is 7.78. The molecule has 0 bridgehead atoms. The van der Waals surface area contributed by atoms with Crippen LogP contribution in [-0.4, -0.2) is 33.5 Å². The molecule has 1 saturated carbocycles. The van der Waals surface area contributed by atoms with Crippen molar-refractivity contribution < 1.29 is 9.53 Å². The predicted octanol–water partition coefficient (Wildman–Crippen LogP) is 5.00. The monoisotopic (exact) mass is 440 g/mol. The maximum absolute atomic E-state index is 13.2. The van der Waals surface area contributed by atoms with E-state index in [1.54, 1.807) is 11.1 Å². The van der Waals surface area contributed by atoms with Crippen LogP contribution in [0, 0.1) is 13.8 Å². The van der Waals surface area contributed by atoms with Crippen LogP contribution in [0.1, 0.15) is 45.8 Å². The lowest BCUT2D eigenvalue weighted by atomic mass is 9.96. The second-order valence-corrected chi connectivity index (χ2v) is 9.20. The van der Waals surface area contributed by atoms with E-state index in [1.165, 1.54) is 17.8 Å². The van der Waals surface area contributed by atoms with E-state index in [0.717, 1.165) is 40.9 Å². The second kappa shape index (κ2) is 7.63. The van der Waals surface area contributed by atoms with Crippen molar-refractivity contribution in [2.24, 2.45) is 0 Å². The summed E-state index contributed by atoms with van der Waals surface area (Å²) in [5.41, 5.74) is 4.51. The van der Waals surface area contributed by atoms with Gasteiger partial charge in [-0.3, -0.25) is 14.7 Å². The van der Waals surface area contributed by atoms with Crippen molar-refractivity contribution in [3.8, 4) is 16.5 Å². The van der Waals surface area contributed by atoms with E-state index in [4.69, 9.17) is 16.3 Å². The van der Waals surface area contributed by atoms with Gasteiger partial charge < -0.3 is 4.74 Å².